The number of phenols is 1. The lowest BCUT2D eigenvalue weighted by Crippen LogP contribution is -2.54. The third-order valence-corrected chi connectivity index (χ3v) is 7.75. The largest absolute Gasteiger partial charge is 0.508 e. The lowest BCUT2D eigenvalue weighted by Gasteiger charge is -2.46. The van der Waals surface area contributed by atoms with Gasteiger partial charge in [-0.15, -0.1) is 0 Å². The van der Waals surface area contributed by atoms with E-state index in [4.69, 9.17) is 0 Å². The summed E-state index contributed by atoms with van der Waals surface area (Å²) in [4.78, 5) is 28.4. The zero-order valence-electron chi connectivity index (χ0n) is 20.5. The number of nitrogens with one attached hydrogen (secondary N) is 1. The third kappa shape index (κ3) is 5.81. The quantitative estimate of drug-likeness (QED) is 0.632. The maximum absolute atomic E-state index is 13.6. The van der Waals surface area contributed by atoms with Gasteiger partial charge in [-0.05, 0) is 60.3 Å². The Morgan fingerprint density at radius 3 is 2.41 bits per heavy atom. The van der Waals surface area contributed by atoms with E-state index in [1.165, 1.54) is 5.56 Å². The lowest BCUT2D eigenvalue weighted by molar-refractivity contribution is -0.141. The number of phenolic OH excluding ortho intramolecular Hbond substituents is 1. The molecule has 1 aliphatic heterocycles. The van der Waals surface area contributed by atoms with E-state index in [9.17, 15) is 14.7 Å². The van der Waals surface area contributed by atoms with Gasteiger partial charge in [0, 0.05) is 25.6 Å². The minimum absolute atomic E-state index is 0.0416. The maximum Gasteiger partial charge on any atom is 0.227 e. The summed E-state index contributed by atoms with van der Waals surface area (Å²) in [6.07, 6.45) is 5.90. The molecule has 2 N–H and O–H groups in total. The number of carbonyl (C=O) groups excluding carboxylic acids is 2. The summed E-state index contributed by atoms with van der Waals surface area (Å²) in [5.41, 5.74) is 2.32. The van der Waals surface area contributed by atoms with E-state index in [2.05, 4.69) is 19.2 Å². The number of hydrogen-bond donors (Lipinski definition) is 2. The molecular formula is C29H38N2O3. The highest BCUT2D eigenvalue weighted by molar-refractivity contribution is 5.82. The van der Waals surface area contributed by atoms with E-state index in [1.807, 2.05) is 47.4 Å². The van der Waals surface area contributed by atoms with Crippen LogP contribution in [0.4, 0.5) is 0 Å². The molecule has 1 heterocycles. The number of rotatable bonds is 6. The van der Waals surface area contributed by atoms with Crippen molar-refractivity contribution >= 4 is 11.8 Å². The minimum Gasteiger partial charge on any atom is -0.508 e. The van der Waals surface area contributed by atoms with Crippen LogP contribution in [0.2, 0.25) is 0 Å². The van der Waals surface area contributed by atoms with Crippen molar-refractivity contribution in [3.63, 3.8) is 0 Å². The summed E-state index contributed by atoms with van der Waals surface area (Å²) in [6, 6.07) is 17.5. The van der Waals surface area contributed by atoms with E-state index < -0.39 is 0 Å². The van der Waals surface area contributed by atoms with Gasteiger partial charge in [-0.25, -0.2) is 0 Å². The van der Waals surface area contributed by atoms with E-state index >= 15 is 0 Å². The number of aromatic hydroxyl groups is 1. The monoisotopic (exact) mass is 462 g/mol. The summed E-state index contributed by atoms with van der Waals surface area (Å²) in [7, 11) is 0. The number of likely N-dealkylation sites (tertiary alicyclic amines) is 1. The molecule has 3 atom stereocenters. The molecule has 0 aromatic heterocycles. The van der Waals surface area contributed by atoms with E-state index in [0.717, 1.165) is 50.6 Å². The Hall–Kier alpha value is -2.82. The average Bonchev–Trinajstić information content (AvgIpc) is 2.83. The van der Waals surface area contributed by atoms with Crippen LogP contribution in [-0.2, 0) is 16.0 Å². The standard InChI is InChI=1S/C29H38N2O3/c1-29(2)20-31(19-18-25(29)22-13-15-23(32)16-14-22)28(34)24-10-6-7-11-26(24)30-27(33)17-12-21-8-4-3-5-9-21/h3-5,8-9,13-16,24-26,32H,6-7,10-12,17-20H2,1-2H3,(H,30,33). The predicted octanol–water partition coefficient (Wildman–Crippen LogP) is 5.04. The third-order valence-electron chi connectivity index (χ3n) is 7.75. The second kappa shape index (κ2) is 10.6. The molecular weight excluding hydrogens is 424 g/mol. The van der Waals surface area contributed by atoms with Crippen molar-refractivity contribution in [2.45, 2.75) is 70.8 Å². The van der Waals surface area contributed by atoms with Crippen LogP contribution in [0.25, 0.3) is 0 Å². The van der Waals surface area contributed by atoms with Crippen LogP contribution in [0, 0.1) is 11.3 Å². The topological polar surface area (TPSA) is 69.6 Å². The second-order valence-electron chi connectivity index (χ2n) is 10.7. The van der Waals surface area contributed by atoms with Gasteiger partial charge in [0.25, 0.3) is 0 Å². The molecule has 1 saturated carbocycles. The van der Waals surface area contributed by atoms with Gasteiger partial charge < -0.3 is 15.3 Å². The van der Waals surface area contributed by atoms with Gasteiger partial charge >= 0.3 is 0 Å². The Morgan fingerprint density at radius 1 is 1.00 bits per heavy atom. The molecule has 3 unspecified atom stereocenters. The molecule has 0 bridgehead atoms. The van der Waals surface area contributed by atoms with Gasteiger partial charge in [0.1, 0.15) is 5.75 Å². The highest BCUT2D eigenvalue weighted by Gasteiger charge is 2.41. The first-order valence-electron chi connectivity index (χ1n) is 12.7. The highest BCUT2D eigenvalue weighted by atomic mass is 16.3. The number of benzene rings is 2. The molecule has 4 rings (SSSR count). The molecule has 2 aromatic rings. The van der Waals surface area contributed by atoms with Crippen LogP contribution >= 0.6 is 0 Å². The molecule has 2 aliphatic rings. The Labute approximate surface area is 203 Å². The molecule has 1 saturated heterocycles. The fraction of sp³-hybridized carbons (Fsp3) is 0.517. The molecule has 2 fully saturated rings. The maximum atomic E-state index is 13.6. The molecule has 1 aliphatic carbocycles. The van der Waals surface area contributed by atoms with Gasteiger partial charge in [-0.2, -0.15) is 0 Å². The summed E-state index contributed by atoms with van der Waals surface area (Å²) < 4.78 is 0. The Kier molecular flexibility index (Phi) is 7.60. The fourth-order valence-corrected chi connectivity index (χ4v) is 5.88. The van der Waals surface area contributed by atoms with Crippen LogP contribution in [0.3, 0.4) is 0 Å². The average molecular weight is 463 g/mol. The molecule has 5 nitrogen and oxygen atoms in total. The van der Waals surface area contributed by atoms with Crippen molar-refractivity contribution in [1.29, 1.82) is 0 Å². The van der Waals surface area contributed by atoms with Gasteiger partial charge in [0.2, 0.25) is 11.8 Å². The molecule has 182 valence electrons. The Bertz CT molecular complexity index is 971. The number of hydrogen-bond acceptors (Lipinski definition) is 3. The van der Waals surface area contributed by atoms with Gasteiger partial charge in [0.05, 0.1) is 5.92 Å². The van der Waals surface area contributed by atoms with Crippen LogP contribution < -0.4 is 5.32 Å². The molecule has 2 aromatic carbocycles. The van der Waals surface area contributed by atoms with Crippen molar-refractivity contribution in [3.05, 3.63) is 65.7 Å². The first-order valence-corrected chi connectivity index (χ1v) is 12.7. The lowest BCUT2D eigenvalue weighted by atomic mass is 9.70. The number of aryl methyl sites for hydroxylation is 1. The van der Waals surface area contributed by atoms with E-state index in [0.29, 0.717) is 18.9 Å². The van der Waals surface area contributed by atoms with Crippen LogP contribution in [0.1, 0.15) is 69.4 Å². The summed E-state index contributed by atoms with van der Waals surface area (Å²) in [5.74, 6) is 0.737. The summed E-state index contributed by atoms with van der Waals surface area (Å²) >= 11 is 0. The molecule has 5 heteroatoms. The van der Waals surface area contributed by atoms with Crippen molar-refractivity contribution in [1.82, 2.24) is 10.2 Å². The zero-order valence-corrected chi connectivity index (χ0v) is 20.5. The summed E-state index contributed by atoms with van der Waals surface area (Å²) in [5, 5.41) is 12.8. The minimum atomic E-state index is -0.129. The van der Waals surface area contributed by atoms with Crippen LogP contribution in [-0.4, -0.2) is 41.0 Å². The van der Waals surface area contributed by atoms with Crippen molar-refractivity contribution < 1.29 is 14.7 Å². The van der Waals surface area contributed by atoms with E-state index in [-0.39, 0.29) is 34.9 Å². The van der Waals surface area contributed by atoms with Crippen molar-refractivity contribution in [2.24, 2.45) is 11.3 Å². The van der Waals surface area contributed by atoms with Crippen LogP contribution in [0.5, 0.6) is 5.75 Å². The normalized spacial score (nSPS) is 24.4. The van der Waals surface area contributed by atoms with E-state index in [1.54, 1.807) is 12.1 Å². The van der Waals surface area contributed by atoms with Gasteiger partial charge in [-0.3, -0.25) is 9.59 Å². The number of amides is 2. The molecule has 0 spiro atoms. The zero-order chi connectivity index (χ0) is 24.1. The number of piperidine rings is 1. The Balaban J connectivity index is 1.36. The fourth-order valence-electron chi connectivity index (χ4n) is 5.88. The number of nitrogens with zero attached hydrogens (tertiary/aromatic N) is 1. The van der Waals surface area contributed by atoms with Crippen molar-refractivity contribution in [3.8, 4) is 5.75 Å². The second-order valence-corrected chi connectivity index (χ2v) is 10.7. The molecule has 2 amide bonds. The smallest absolute Gasteiger partial charge is 0.227 e. The van der Waals surface area contributed by atoms with Crippen LogP contribution in [0.15, 0.2) is 54.6 Å². The van der Waals surface area contributed by atoms with Gasteiger partial charge in [-0.1, -0.05) is 69.2 Å². The predicted molar refractivity (Wildman–Crippen MR) is 134 cm³/mol. The molecule has 34 heavy (non-hydrogen) atoms. The SMILES string of the molecule is CC1(C)CN(C(=O)C2CCCCC2NC(=O)CCc2ccccc2)CCC1c1ccc(O)cc1. The van der Waals surface area contributed by atoms with Crippen molar-refractivity contribution in [2.75, 3.05) is 13.1 Å². The van der Waals surface area contributed by atoms with Gasteiger partial charge in [0.15, 0.2) is 0 Å². The number of carbonyl (C=O) groups is 2. The first-order chi connectivity index (χ1) is 16.3. The highest BCUT2D eigenvalue weighted by Crippen LogP contribution is 2.43. The first kappa shape index (κ1) is 24.3. The summed E-state index contributed by atoms with van der Waals surface area (Å²) in [6.45, 7) is 5.91. The molecule has 0 radical (unpaired) electrons. The Morgan fingerprint density at radius 2 is 1.71 bits per heavy atom.